The number of ether oxygens (including phenoxy) is 4. The standard InChI is InChI=1S/C20H25NO5/c1-5-25-16-11-10-14(12-18(16)26-6-2)13-21-20(22)15-8-7-9-17(23-3)19(15)24-4/h7-12H,5-6,13H2,1-4H3,(H,21,22). The van der Waals surface area contributed by atoms with Crippen LogP contribution >= 0.6 is 0 Å². The topological polar surface area (TPSA) is 66.0 Å². The second-order valence-corrected chi connectivity index (χ2v) is 5.37. The Balaban J connectivity index is 2.13. The molecule has 0 fully saturated rings. The summed E-state index contributed by atoms with van der Waals surface area (Å²) in [6.07, 6.45) is 0. The molecule has 0 saturated carbocycles. The molecule has 2 aromatic rings. The van der Waals surface area contributed by atoms with Crippen molar-refractivity contribution >= 4 is 5.91 Å². The largest absolute Gasteiger partial charge is 0.493 e. The predicted molar refractivity (Wildman–Crippen MR) is 99.5 cm³/mol. The number of carbonyl (C=O) groups excluding carboxylic acids is 1. The highest BCUT2D eigenvalue weighted by atomic mass is 16.5. The minimum atomic E-state index is -0.243. The van der Waals surface area contributed by atoms with Crippen molar-refractivity contribution in [2.75, 3.05) is 27.4 Å². The Bertz CT molecular complexity index is 745. The normalized spacial score (nSPS) is 10.2. The summed E-state index contributed by atoms with van der Waals surface area (Å²) in [6.45, 7) is 5.29. The van der Waals surface area contributed by atoms with Crippen molar-refractivity contribution in [2.45, 2.75) is 20.4 Å². The predicted octanol–water partition coefficient (Wildman–Crippen LogP) is 3.43. The van der Waals surface area contributed by atoms with Crippen LogP contribution in [0.3, 0.4) is 0 Å². The summed E-state index contributed by atoms with van der Waals surface area (Å²) in [7, 11) is 3.05. The zero-order valence-electron chi connectivity index (χ0n) is 15.6. The van der Waals surface area contributed by atoms with E-state index in [1.807, 2.05) is 32.0 Å². The summed E-state index contributed by atoms with van der Waals surface area (Å²) in [5.41, 5.74) is 1.33. The van der Waals surface area contributed by atoms with Crippen LogP contribution in [0.25, 0.3) is 0 Å². The van der Waals surface area contributed by atoms with E-state index in [1.54, 1.807) is 18.2 Å². The van der Waals surface area contributed by atoms with Gasteiger partial charge in [-0.25, -0.2) is 0 Å². The molecule has 0 aliphatic carbocycles. The molecule has 0 unspecified atom stereocenters. The Morgan fingerprint density at radius 2 is 1.65 bits per heavy atom. The van der Waals surface area contributed by atoms with Crippen molar-refractivity contribution in [3.05, 3.63) is 47.5 Å². The lowest BCUT2D eigenvalue weighted by Crippen LogP contribution is -2.23. The molecule has 0 heterocycles. The maximum Gasteiger partial charge on any atom is 0.255 e. The van der Waals surface area contributed by atoms with Gasteiger partial charge in [0.05, 0.1) is 33.0 Å². The van der Waals surface area contributed by atoms with Gasteiger partial charge in [-0.2, -0.15) is 0 Å². The van der Waals surface area contributed by atoms with Crippen molar-refractivity contribution in [3.8, 4) is 23.0 Å². The van der Waals surface area contributed by atoms with Gasteiger partial charge in [0.25, 0.3) is 5.91 Å². The number of hydrogen-bond donors (Lipinski definition) is 1. The Morgan fingerprint density at radius 1 is 0.923 bits per heavy atom. The first-order valence-corrected chi connectivity index (χ1v) is 8.52. The van der Waals surface area contributed by atoms with Crippen molar-refractivity contribution < 1.29 is 23.7 Å². The number of methoxy groups -OCH3 is 2. The highest BCUT2D eigenvalue weighted by molar-refractivity contribution is 5.97. The first-order valence-electron chi connectivity index (χ1n) is 8.52. The van der Waals surface area contributed by atoms with E-state index >= 15 is 0 Å². The summed E-state index contributed by atoms with van der Waals surface area (Å²) < 4.78 is 21.7. The van der Waals surface area contributed by atoms with Crippen LogP contribution in [-0.4, -0.2) is 33.3 Å². The van der Waals surface area contributed by atoms with Crippen molar-refractivity contribution in [1.82, 2.24) is 5.32 Å². The molecule has 26 heavy (non-hydrogen) atoms. The van der Waals surface area contributed by atoms with E-state index in [1.165, 1.54) is 14.2 Å². The van der Waals surface area contributed by atoms with Gasteiger partial charge in [0.1, 0.15) is 0 Å². The fourth-order valence-electron chi connectivity index (χ4n) is 2.55. The minimum Gasteiger partial charge on any atom is -0.493 e. The average molecular weight is 359 g/mol. The fourth-order valence-corrected chi connectivity index (χ4v) is 2.55. The molecule has 0 aliphatic rings. The maximum absolute atomic E-state index is 12.5. The molecule has 0 spiro atoms. The van der Waals surface area contributed by atoms with Crippen LogP contribution in [0.5, 0.6) is 23.0 Å². The van der Waals surface area contributed by atoms with E-state index in [0.29, 0.717) is 48.3 Å². The first kappa shape index (κ1) is 19.4. The van der Waals surface area contributed by atoms with E-state index in [4.69, 9.17) is 18.9 Å². The lowest BCUT2D eigenvalue weighted by molar-refractivity contribution is 0.0947. The molecule has 140 valence electrons. The van der Waals surface area contributed by atoms with Gasteiger partial charge in [-0.05, 0) is 43.7 Å². The third kappa shape index (κ3) is 4.59. The average Bonchev–Trinajstić information content (AvgIpc) is 2.67. The highest BCUT2D eigenvalue weighted by Crippen LogP contribution is 2.31. The zero-order valence-corrected chi connectivity index (χ0v) is 15.6. The van der Waals surface area contributed by atoms with Gasteiger partial charge in [-0.15, -0.1) is 0 Å². The summed E-state index contributed by atoms with van der Waals surface area (Å²) in [5.74, 6) is 2.04. The van der Waals surface area contributed by atoms with E-state index in [2.05, 4.69) is 5.32 Å². The van der Waals surface area contributed by atoms with Crippen LogP contribution in [0.2, 0.25) is 0 Å². The van der Waals surface area contributed by atoms with Crippen molar-refractivity contribution in [3.63, 3.8) is 0 Å². The fraction of sp³-hybridized carbons (Fsp3) is 0.350. The summed E-state index contributed by atoms with van der Waals surface area (Å²) >= 11 is 0. The lowest BCUT2D eigenvalue weighted by atomic mass is 10.1. The Hall–Kier alpha value is -2.89. The third-order valence-electron chi connectivity index (χ3n) is 3.71. The van der Waals surface area contributed by atoms with Gasteiger partial charge >= 0.3 is 0 Å². The number of amides is 1. The molecule has 0 saturated heterocycles. The second-order valence-electron chi connectivity index (χ2n) is 5.37. The summed E-state index contributed by atoms with van der Waals surface area (Å²) in [5, 5.41) is 2.89. The zero-order chi connectivity index (χ0) is 18.9. The molecule has 1 N–H and O–H groups in total. The molecule has 2 rings (SSSR count). The summed E-state index contributed by atoms with van der Waals surface area (Å²) in [4.78, 5) is 12.5. The minimum absolute atomic E-state index is 0.243. The van der Waals surface area contributed by atoms with Crippen molar-refractivity contribution in [1.29, 1.82) is 0 Å². The number of para-hydroxylation sites is 1. The SMILES string of the molecule is CCOc1ccc(CNC(=O)c2cccc(OC)c2OC)cc1OCC. The molecule has 1 amide bonds. The monoisotopic (exact) mass is 359 g/mol. The molecular weight excluding hydrogens is 334 g/mol. The number of rotatable bonds is 9. The molecule has 0 bridgehead atoms. The van der Waals surface area contributed by atoms with Crippen molar-refractivity contribution in [2.24, 2.45) is 0 Å². The van der Waals surface area contributed by atoms with E-state index in [0.717, 1.165) is 5.56 Å². The number of nitrogens with one attached hydrogen (secondary N) is 1. The van der Waals surface area contributed by atoms with E-state index in [9.17, 15) is 4.79 Å². The third-order valence-corrected chi connectivity index (χ3v) is 3.71. The van der Waals surface area contributed by atoms with Gasteiger partial charge in [-0.3, -0.25) is 4.79 Å². The molecule has 0 aliphatic heterocycles. The van der Waals surface area contributed by atoms with Gasteiger partial charge in [0, 0.05) is 6.54 Å². The van der Waals surface area contributed by atoms with Crippen LogP contribution in [0, 0.1) is 0 Å². The lowest BCUT2D eigenvalue weighted by Gasteiger charge is -2.14. The van der Waals surface area contributed by atoms with Crippen LogP contribution < -0.4 is 24.3 Å². The Kier molecular flexibility index (Phi) is 7.14. The molecule has 6 heteroatoms. The smallest absolute Gasteiger partial charge is 0.255 e. The second kappa shape index (κ2) is 9.56. The Morgan fingerprint density at radius 3 is 2.31 bits per heavy atom. The molecular formula is C20H25NO5. The van der Waals surface area contributed by atoms with Crippen LogP contribution in [0.15, 0.2) is 36.4 Å². The van der Waals surface area contributed by atoms with Gasteiger partial charge in [-0.1, -0.05) is 12.1 Å². The first-order chi connectivity index (χ1) is 12.6. The molecule has 0 radical (unpaired) electrons. The van der Waals surface area contributed by atoms with Gasteiger partial charge < -0.3 is 24.3 Å². The molecule has 0 atom stereocenters. The molecule has 6 nitrogen and oxygen atoms in total. The molecule has 0 aromatic heterocycles. The van der Waals surface area contributed by atoms with Crippen LogP contribution in [0.4, 0.5) is 0 Å². The van der Waals surface area contributed by atoms with E-state index < -0.39 is 0 Å². The molecule has 2 aromatic carbocycles. The summed E-state index contributed by atoms with van der Waals surface area (Å²) in [6, 6.07) is 10.8. The highest BCUT2D eigenvalue weighted by Gasteiger charge is 2.16. The van der Waals surface area contributed by atoms with Gasteiger partial charge in [0.15, 0.2) is 23.0 Å². The van der Waals surface area contributed by atoms with Gasteiger partial charge in [0.2, 0.25) is 0 Å². The van der Waals surface area contributed by atoms with Crippen LogP contribution in [0.1, 0.15) is 29.8 Å². The number of carbonyl (C=O) groups is 1. The maximum atomic E-state index is 12.5. The Labute approximate surface area is 154 Å². The van der Waals surface area contributed by atoms with E-state index in [-0.39, 0.29) is 5.91 Å². The number of benzene rings is 2. The number of hydrogen-bond acceptors (Lipinski definition) is 5. The quantitative estimate of drug-likeness (QED) is 0.743. The van der Waals surface area contributed by atoms with Crippen LogP contribution in [-0.2, 0) is 6.54 Å².